The zero-order valence-corrected chi connectivity index (χ0v) is 36.4. The van der Waals surface area contributed by atoms with E-state index in [9.17, 15) is 49.4 Å². The number of nitrogens with one attached hydrogen (secondary N) is 1. The maximum atomic E-state index is 15.5. The third-order valence-electron chi connectivity index (χ3n) is 13.8. The average molecular weight is 899 g/mol. The first-order chi connectivity index (χ1) is 30.6. The molecule has 4 aliphatic rings. The van der Waals surface area contributed by atoms with Crippen LogP contribution in [0.5, 0.6) is 0 Å². The molecule has 2 bridgehead atoms. The molecule has 1 saturated heterocycles. The number of nitro benzene ring substituents is 1. The van der Waals surface area contributed by atoms with Crippen molar-refractivity contribution in [2.24, 2.45) is 16.7 Å². The van der Waals surface area contributed by atoms with Crippen LogP contribution in [0.3, 0.4) is 0 Å². The molecule has 7 rings (SSSR count). The minimum atomic E-state index is -2.54. The maximum absolute atomic E-state index is 15.5. The van der Waals surface area contributed by atoms with E-state index in [0.29, 0.717) is 5.56 Å². The molecule has 18 nitrogen and oxygen atoms in total. The summed E-state index contributed by atoms with van der Waals surface area (Å²) in [7, 11) is 0. The molecule has 1 aliphatic heterocycles. The molecule has 344 valence electrons. The molecule has 3 fully saturated rings. The number of ether oxygens (including phenoxy) is 5. The van der Waals surface area contributed by atoms with Gasteiger partial charge >= 0.3 is 23.9 Å². The van der Waals surface area contributed by atoms with Crippen molar-refractivity contribution in [1.29, 1.82) is 0 Å². The first-order valence-corrected chi connectivity index (χ1v) is 21.0. The Labute approximate surface area is 373 Å². The first-order valence-electron chi connectivity index (χ1n) is 21.0. The smallest absolute Gasteiger partial charge is 0.338 e. The number of aliphatic hydroxyl groups is 3. The van der Waals surface area contributed by atoms with Crippen molar-refractivity contribution >= 4 is 41.3 Å². The number of carbonyl (C=O) groups excluding carboxylic acids is 6. The predicted molar refractivity (Wildman–Crippen MR) is 224 cm³/mol. The monoisotopic (exact) mass is 898 g/mol. The molecule has 1 unspecified atom stereocenters. The Morgan fingerprint density at radius 2 is 1.52 bits per heavy atom. The van der Waals surface area contributed by atoms with E-state index in [2.05, 4.69) is 5.32 Å². The molecule has 65 heavy (non-hydrogen) atoms. The summed E-state index contributed by atoms with van der Waals surface area (Å²) >= 11 is 0. The molecule has 11 atom stereocenters. The normalized spacial score (nSPS) is 30.9. The van der Waals surface area contributed by atoms with Gasteiger partial charge in [0.25, 0.3) is 11.6 Å². The number of nitro groups is 1. The van der Waals surface area contributed by atoms with Crippen LogP contribution in [0.2, 0.25) is 0 Å². The molecular formula is C47H50N2O16. The second-order valence-corrected chi connectivity index (χ2v) is 17.8. The summed E-state index contributed by atoms with van der Waals surface area (Å²) in [5.74, 6) is -7.59. The zero-order valence-electron chi connectivity index (χ0n) is 36.4. The second kappa shape index (κ2) is 17.2. The predicted octanol–water partition coefficient (Wildman–Crippen LogP) is 3.64. The highest BCUT2D eigenvalue weighted by Gasteiger charge is 2.78. The van der Waals surface area contributed by atoms with Gasteiger partial charge in [0.1, 0.15) is 23.9 Å². The number of hydrogen-bond donors (Lipinski definition) is 4. The number of rotatable bonds is 11. The molecule has 0 radical (unpaired) electrons. The highest BCUT2D eigenvalue weighted by atomic mass is 16.6. The standard InChI is InChI=1S/C47H50N2O16/c1-24-31(63-43(57)36(53)35(27-14-9-7-10-15-27)48-41(55)28-16-11-8-12-17-28)22-47(58)40(64-42(56)29-18-13-19-30(20-29)49(59)60)38-45(6,32(52)21-33-46(38,23-61-33)65-26(3)51)39(54)37(62-25(2)50)34(24)44(47,4)5/h7-20,31-33,35-38,40,52-53,58H,21-23H2,1-6H3,(H,48,55)/t31-,32-,33?,35-,36+,37+,38-,40-,45+,46-,47+/m0/s1. The van der Waals surface area contributed by atoms with Gasteiger partial charge in [-0.2, -0.15) is 0 Å². The molecule has 0 spiro atoms. The van der Waals surface area contributed by atoms with Crippen LogP contribution in [0.1, 0.15) is 86.7 Å². The number of benzene rings is 3. The minimum Gasteiger partial charge on any atom is -0.456 e. The van der Waals surface area contributed by atoms with Gasteiger partial charge < -0.3 is 44.3 Å². The fourth-order valence-corrected chi connectivity index (χ4v) is 10.4. The van der Waals surface area contributed by atoms with Crippen LogP contribution >= 0.6 is 0 Å². The summed E-state index contributed by atoms with van der Waals surface area (Å²) in [5, 5.41) is 52.0. The number of hydrogen-bond acceptors (Lipinski definition) is 16. The SMILES string of the molecule is CC(=O)O[C@H]1C(=O)[C@]2(C)[C@@H](O)CC3OC[C@@]3(OC(C)=O)[C@H]2[C@H](OC(=O)c2cccc([N+](=O)[O-])c2)[C@]2(O)C[C@H](OC(=O)[C@H](O)[C@@H](NC(=O)c3ccccc3)c3ccccc3)C(C)=C1C2(C)C. The number of carbonyl (C=O) groups is 6. The van der Waals surface area contributed by atoms with E-state index in [0.717, 1.165) is 26.0 Å². The number of ketones is 1. The molecular weight excluding hydrogens is 849 g/mol. The molecule has 1 amide bonds. The van der Waals surface area contributed by atoms with Gasteiger partial charge in [-0.1, -0.05) is 68.4 Å². The summed E-state index contributed by atoms with van der Waals surface area (Å²) in [5.41, 5.74) is -8.65. The minimum absolute atomic E-state index is 0.0903. The van der Waals surface area contributed by atoms with Crippen molar-refractivity contribution in [2.75, 3.05) is 6.61 Å². The van der Waals surface area contributed by atoms with Crippen molar-refractivity contribution in [3.8, 4) is 0 Å². The number of fused-ring (bicyclic) bond motifs is 5. The largest absolute Gasteiger partial charge is 0.456 e. The Balaban J connectivity index is 1.40. The quantitative estimate of drug-likeness (QED) is 0.0704. The highest BCUT2D eigenvalue weighted by molar-refractivity contribution is 5.96. The lowest BCUT2D eigenvalue weighted by molar-refractivity contribution is -0.384. The number of aliphatic hydroxyl groups excluding tert-OH is 2. The Morgan fingerprint density at radius 3 is 2.11 bits per heavy atom. The lowest BCUT2D eigenvalue weighted by Crippen LogP contribution is -2.82. The molecule has 1 heterocycles. The lowest BCUT2D eigenvalue weighted by atomic mass is 9.44. The van der Waals surface area contributed by atoms with Crippen LogP contribution in [-0.4, -0.2) is 110 Å². The number of Topliss-reactive ketones (excluding diaryl/α,β-unsaturated/α-hetero) is 1. The van der Waals surface area contributed by atoms with Crippen molar-refractivity contribution in [3.05, 3.63) is 123 Å². The average Bonchev–Trinajstić information content (AvgIpc) is 3.26. The van der Waals surface area contributed by atoms with Gasteiger partial charge in [-0.25, -0.2) is 9.59 Å². The number of nitrogens with zero attached hydrogens (tertiary/aromatic N) is 1. The van der Waals surface area contributed by atoms with Gasteiger partial charge in [0.05, 0.1) is 40.6 Å². The molecule has 4 N–H and O–H groups in total. The fraction of sp³-hybridized carbons (Fsp3) is 0.447. The Hall–Kier alpha value is -6.34. The van der Waals surface area contributed by atoms with Crippen molar-refractivity contribution in [1.82, 2.24) is 5.32 Å². The highest BCUT2D eigenvalue weighted by Crippen LogP contribution is 2.64. The van der Waals surface area contributed by atoms with E-state index in [1.54, 1.807) is 48.5 Å². The molecule has 3 aliphatic carbocycles. The van der Waals surface area contributed by atoms with Gasteiger partial charge in [-0.05, 0) is 48.8 Å². The maximum Gasteiger partial charge on any atom is 0.338 e. The van der Waals surface area contributed by atoms with E-state index in [1.165, 1.54) is 52.0 Å². The van der Waals surface area contributed by atoms with E-state index in [4.69, 9.17) is 23.7 Å². The van der Waals surface area contributed by atoms with E-state index < -0.39 is 130 Å². The summed E-state index contributed by atoms with van der Waals surface area (Å²) in [6, 6.07) is 19.3. The second-order valence-electron chi connectivity index (χ2n) is 17.8. The van der Waals surface area contributed by atoms with Crippen LogP contribution in [0.4, 0.5) is 5.69 Å². The number of non-ortho nitro benzene ring substituents is 1. The van der Waals surface area contributed by atoms with E-state index in [-0.39, 0.29) is 28.7 Å². The summed E-state index contributed by atoms with van der Waals surface area (Å²) in [4.78, 5) is 94.8. The van der Waals surface area contributed by atoms with Gasteiger partial charge in [-0.3, -0.25) is 29.3 Å². The van der Waals surface area contributed by atoms with Crippen LogP contribution in [0, 0.1) is 26.9 Å². The first kappa shape index (κ1) is 46.6. The van der Waals surface area contributed by atoms with E-state index in [1.807, 2.05) is 0 Å². The van der Waals surface area contributed by atoms with Crippen LogP contribution in [0.15, 0.2) is 96.1 Å². The Bertz CT molecular complexity index is 2460. The van der Waals surface area contributed by atoms with Crippen molar-refractivity contribution < 1.29 is 72.7 Å². The Morgan fingerprint density at radius 1 is 0.892 bits per heavy atom. The third kappa shape index (κ3) is 7.87. The number of esters is 4. The molecule has 0 aromatic heterocycles. The molecule has 18 heteroatoms. The van der Waals surface area contributed by atoms with Gasteiger partial charge in [-0.15, -0.1) is 0 Å². The lowest BCUT2D eigenvalue weighted by Gasteiger charge is -2.67. The molecule has 3 aromatic carbocycles. The van der Waals surface area contributed by atoms with Crippen LogP contribution < -0.4 is 5.32 Å². The van der Waals surface area contributed by atoms with Crippen LogP contribution in [0.25, 0.3) is 0 Å². The fourth-order valence-electron chi connectivity index (χ4n) is 10.4. The summed E-state index contributed by atoms with van der Waals surface area (Å²) in [6.07, 6.45) is -11.3. The molecule has 2 saturated carbocycles. The van der Waals surface area contributed by atoms with Gasteiger partial charge in [0.15, 0.2) is 23.6 Å². The van der Waals surface area contributed by atoms with Gasteiger partial charge in [0, 0.05) is 49.8 Å². The van der Waals surface area contributed by atoms with Gasteiger partial charge in [0.2, 0.25) is 0 Å². The Kier molecular flexibility index (Phi) is 12.4. The van der Waals surface area contributed by atoms with E-state index >= 15 is 4.79 Å². The third-order valence-corrected chi connectivity index (χ3v) is 13.8. The van der Waals surface area contributed by atoms with Crippen molar-refractivity contribution in [2.45, 2.75) is 108 Å². The zero-order chi connectivity index (χ0) is 47.4. The number of amides is 1. The molecule has 3 aromatic rings. The summed E-state index contributed by atoms with van der Waals surface area (Å²) < 4.78 is 30.1. The topological polar surface area (TPSA) is 264 Å². The van der Waals surface area contributed by atoms with Crippen molar-refractivity contribution in [3.63, 3.8) is 0 Å². The summed E-state index contributed by atoms with van der Waals surface area (Å²) in [6.45, 7) is 7.49. The van der Waals surface area contributed by atoms with Crippen LogP contribution in [-0.2, 0) is 42.9 Å².